The lowest BCUT2D eigenvalue weighted by molar-refractivity contribution is -0.141. The van der Waals surface area contributed by atoms with Crippen molar-refractivity contribution in [3.8, 4) is 0 Å². The van der Waals surface area contributed by atoms with E-state index < -0.39 is 6.04 Å². The van der Waals surface area contributed by atoms with Gasteiger partial charge in [0.05, 0.1) is 7.11 Å². The number of rotatable bonds is 5. The number of hydrogen-bond donors (Lipinski definition) is 1. The lowest BCUT2D eigenvalue weighted by Gasteiger charge is -2.19. The summed E-state index contributed by atoms with van der Waals surface area (Å²) in [5.41, 5.74) is 1.54. The van der Waals surface area contributed by atoms with Crippen molar-refractivity contribution >= 4 is 35.0 Å². The van der Waals surface area contributed by atoms with Crippen molar-refractivity contribution in [2.45, 2.75) is 10.9 Å². The molecule has 0 aromatic heterocycles. The smallest absolute Gasteiger partial charge is 0.333 e. The molecule has 0 heterocycles. The third kappa shape index (κ3) is 3.93. The fourth-order valence-corrected chi connectivity index (χ4v) is 2.67. The molecule has 0 saturated heterocycles. The Morgan fingerprint density at radius 3 is 2.67 bits per heavy atom. The van der Waals surface area contributed by atoms with E-state index in [4.69, 9.17) is 16.3 Å². The van der Waals surface area contributed by atoms with Crippen LogP contribution in [0.1, 0.15) is 11.6 Å². The first-order chi connectivity index (χ1) is 10.2. The minimum absolute atomic E-state index is 0.377. The number of carbonyl (C=O) groups excluding carboxylic acids is 1. The third-order valence-corrected chi connectivity index (χ3v) is 4.10. The van der Waals surface area contributed by atoms with Crippen LogP contribution in [-0.4, -0.2) is 19.3 Å². The van der Waals surface area contributed by atoms with E-state index in [1.165, 1.54) is 7.11 Å². The van der Waals surface area contributed by atoms with Crippen molar-refractivity contribution in [1.82, 2.24) is 0 Å². The number of benzene rings is 2. The first-order valence-electron chi connectivity index (χ1n) is 6.38. The minimum atomic E-state index is -0.638. The van der Waals surface area contributed by atoms with Crippen molar-refractivity contribution < 1.29 is 9.53 Å². The number of halogens is 1. The number of hydrogen-bond acceptors (Lipinski definition) is 4. The molecule has 1 N–H and O–H groups in total. The maximum atomic E-state index is 12.1. The van der Waals surface area contributed by atoms with Gasteiger partial charge in [-0.1, -0.05) is 35.9 Å². The summed E-state index contributed by atoms with van der Waals surface area (Å²) in [6.45, 7) is 0. The van der Waals surface area contributed by atoms with E-state index in [9.17, 15) is 4.79 Å². The van der Waals surface area contributed by atoms with Crippen molar-refractivity contribution in [3.05, 3.63) is 59.1 Å². The zero-order chi connectivity index (χ0) is 15.2. The second kappa shape index (κ2) is 7.38. The number of methoxy groups -OCH3 is 1. The summed E-state index contributed by atoms with van der Waals surface area (Å²) in [6, 6.07) is 14.5. The molecule has 0 aliphatic carbocycles. The van der Waals surface area contributed by atoms with Crippen LogP contribution in [0.3, 0.4) is 0 Å². The lowest BCUT2D eigenvalue weighted by Crippen LogP contribution is -2.22. The molecule has 0 aliphatic heterocycles. The molecule has 2 rings (SSSR count). The zero-order valence-corrected chi connectivity index (χ0v) is 13.4. The molecule has 1 unspecified atom stereocenters. The summed E-state index contributed by atoms with van der Waals surface area (Å²) >= 11 is 7.83. The van der Waals surface area contributed by atoms with E-state index in [1.807, 2.05) is 48.7 Å². The molecule has 0 amide bonds. The van der Waals surface area contributed by atoms with E-state index in [0.29, 0.717) is 10.6 Å². The van der Waals surface area contributed by atoms with Crippen LogP contribution >= 0.6 is 23.4 Å². The van der Waals surface area contributed by atoms with Gasteiger partial charge in [-0.15, -0.1) is 11.8 Å². The van der Waals surface area contributed by atoms with Crippen LogP contribution in [0.15, 0.2) is 53.4 Å². The zero-order valence-electron chi connectivity index (χ0n) is 11.8. The van der Waals surface area contributed by atoms with Gasteiger partial charge in [0, 0.05) is 21.2 Å². The van der Waals surface area contributed by atoms with Gasteiger partial charge in [-0.25, -0.2) is 4.79 Å². The standard InChI is InChI=1S/C16H16ClNO2S/c1-20-16(19)15(13-8-3-4-9-14(13)17)18-11-6-5-7-12(10-11)21-2/h3-10,15,18H,1-2H3. The maximum Gasteiger partial charge on any atom is 0.333 e. The first kappa shape index (κ1) is 15.7. The van der Waals surface area contributed by atoms with Crippen molar-refractivity contribution in [3.63, 3.8) is 0 Å². The Hall–Kier alpha value is -1.65. The molecule has 2 aromatic carbocycles. The average Bonchev–Trinajstić information content (AvgIpc) is 2.53. The molecule has 0 spiro atoms. The number of carbonyl (C=O) groups is 1. The molecule has 110 valence electrons. The highest BCUT2D eigenvalue weighted by Gasteiger charge is 2.23. The van der Waals surface area contributed by atoms with Crippen LogP contribution in [0.4, 0.5) is 5.69 Å². The fraction of sp³-hybridized carbons (Fsp3) is 0.188. The summed E-state index contributed by atoms with van der Waals surface area (Å²) in [7, 11) is 1.37. The minimum Gasteiger partial charge on any atom is -0.467 e. The third-order valence-electron chi connectivity index (χ3n) is 3.03. The molecular formula is C16H16ClNO2S. The topological polar surface area (TPSA) is 38.3 Å². The van der Waals surface area contributed by atoms with E-state index in [2.05, 4.69) is 5.32 Å². The summed E-state index contributed by atoms with van der Waals surface area (Å²) in [6.07, 6.45) is 2.00. The predicted octanol–water partition coefficient (Wildman–Crippen LogP) is 4.39. The fourth-order valence-electron chi connectivity index (χ4n) is 1.97. The van der Waals surface area contributed by atoms with Crippen LogP contribution in [0.25, 0.3) is 0 Å². The number of thioether (sulfide) groups is 1. The second-order valence-electron chi connectivity index (χ2n) is 4.35. The number of esters is 1. The average molecular weight is 322 g/mol. The van der Waals surface area contributed by atoms with Gasteiger partial charge in [-0.2, -0.15) is 0 Å². The molecule has 0 fully saturated rings. The van der Waals surface area contributed by atoms with Gasteiger partial charge in [-0.05, 0) is 30.5 Å². The first-order valence-corrected chi connectivity index (χ1v) is 7.99. The van der Waals surface area contributed by atoms with Crippen LogP contribution in [0.2, 0.25) is 5.02 Å². The maximum absolute atomic E-state index is 12.1. The van der Waals surface area contributed by atoms with Crippen molar-refractivity contribution in [2.75, 3.05) is 18.7 Å². The number of ether oxygens (including phenoxy) is 1. The summed E-state index contributed by atoms with van der Waals surface area (Å²) in [5.74, 6) is -0.377. The van der Waals surface area contributed by atoms with Crippen LogP contribution < -0.4 is 5.32 Å². The van der Waals surface area contributed by atoms with E-state index in [-0.39, 0.29) is 5.97 Å². The lowest BCUT2D eigenvalue weighted by atomic mass is 10.1. The second-order valence-corrected chi connectivity index (χ2v) is 5.64. The van der Waals surface area contributed by atoms with Crippen molar-refractivity contribution in [1.29, 1.82) is 0 Å². The Morgan fingerprint density at radius 2 is 2.00 bits per heavy atom. The largest absolute Gasteiger partial charge is 0.467 e. The van der Waals surface area contributed by atoms with Gasteiger partial charge in [0.15, 0.2) is 6.04 Å². The van der Waals surface area contributed by atoms with E-state index in [1.54, 1.807) is 17.8 Å². The normalized spacial score (nSPS) is 11.8. The Kier molecular flexibility index (Phi) is 5.53. The molecular weight excluding hydrogens is 306 g/mol. The molecule has 0 radical (unpaired) electrons. The molecule has 3 nitrogen and oxygen atoms in total. The highest BCUT2D eigenvalue weighted by atomic mass is 35.5. The van der Waals surface area contributed by atoms with Gasteiger partial charge >= 0.3 is 5.97 Å². The molecule has 0 saturated carbocycles. The SMILES string of the molecule is COC(=O)C(Nc1cccc(SC)c1)c1ccccc1Cl. The summed E-state index contributed by atoms with van der Waals surface area (Å²) in [4.78, 5) is 13.2. The number of nitrogens with one attached hydrogen (secondary N) is 1. The van der Waals surface area contributed by atoms with Crippen LogP contribution in [-0.2, 0) is 9.53 Å². The van der Waals surface area contributed by atoms with Crippen LogP contribution in [0, 0.1) is 0 Å². The predicted molar refractivity (Wildman–Crippen MR) is 88.1 cm³/mol. The highest BCUT2D eigenvalue weighted by Crippen LogP contribution is 2.28. The van der Waals surface area contributed by atoms with Gasteiger partial charge in [0.25, 0.3) is 0 Å². The Morgan fingerprint density at radius 1 is 1.24 bits per heavy atom. The van der Waals surface area contributed by atoms with E-state index >= 15 is 0 Å². The number of anilines is 1. The van der Waals surface area contributed by atoms with Gasteiger partial charge in [0.2, 0.25) is 0 Å². The summed E-state index contributed by atoms with van der Waals surface area (Å²) < 4.78 is 4.89. The molecule has 0 bridgehead atoms. The van der Waals surface area contributed by atoms with Crippen LogP contribution in [0.5, 0.6) is 0 Å². The molecule has 1 atom stereocenters. The molecule has 5 heteroatoms. The van der Waals surface area contributed by atoms with Crippen molar-refractivity contribution in [2.24, 2.45) is 0 Å². The quantitative estimate of drug-likeness (QED) is 0.655. The molecule has 0 aliphatic rings. The van der Waals surface area contributed by atoms with Gasteiger partial charge in [-0.3, -0.25) is 0 Å². The Bertz CT molecular complexity index is 633. The Balaban J connectivity index is 2.33. The molecule has 21 heavy (non-hydrogen) atoms. The summed E-state index contributed by atoms with van der Waals surface area (Å²) in [5, 5.41) is 3.72. The van der Waals surface area contributed by atoms with E-state index in [0.717, 1.165) is 10.6 Å². The highest BCUT2D eigenvalue weighted by molar-refractivity contribution is 7.98. The molecule has 2 aromatic rings. The van der Waals surface area contributed by atoms with Gasteiger partial charge in [0.1, 0.15) is 0 Å². The van der Waals surface area contributed by atoms with Gasteiger partial charge < -0.3 is 10.1 Å². The monoisotopic (exact) mass is 321 g/mol. The Labute approximate surface area is 133 Å².